The van der Waals surface area contributed by atoms with E-state index < -0.39 is 5.97 Å². The van der Waals surface area contributed by atoms with Gasteiger partial charge in [0.25, 0.3) is 0 Å². The van der Waals surface area contributed by atoms with Crippen LogP contribution in [-0.4, -0.2) is 17.6 Å². The summed E-state index contributed by atoms with van der Waals surface area (Å²) in [5.74, 6) is -0.449. The molecule has 1 heterocycles. The highest BCUT2D eigenvalue weighted by atomic mass is 35.5. The van der Waals surface area contributed by atoms with Gasteiger partial charge >= 0.3 is 5.97 Å². The van der Waals surface area contributed by atoms with Crippen molar-refractivity contribution in [2.24, 2.45) is 5.73 Å². The summed E-state index contributed by atoms with van der Waals surface area (Å²) in [4.78, 5) is 15.3. The Balaban J connectivity index is 2.99. The Morgan fingerprint density at radius 3 is 3.00 bits per heavy atom. The fourth-order valence-electron chi connectivity index (χ4n) is 0.959. The van der Waals surface area contributed by atoms with Gasteiger partial charge in [-0.05, 0) is 13.0 Å². The zero-order chi connectivity index (χ0) is 10.6. The molecule has 4 nitrogen and oxygen atoms in total. The van der Waals surface area contributed by atoms with E-state index in [1.165, 1.54) is 6.20 Å². The molecule has 0 aliphatic heterocycles. The molecule has 1 aromatic heterocycles. The van der Waals surface area contributed by atoms with E-state index in [9.17, 15) is 4.79 Å². The van der Waals surface area contributed by atoms with E-state index >= 15 is 0 Å². The average Bonchev–Trinajstić information content (AvgIpc) is 2.19. The first-order chi connectivity index (χ1) is 6.69. The maximum absolute atomic E-state index is 11.4. The summed E-state index contributed by atoms with van der Waals surface area (Å²) < 4.78 is 4.82. The highest BCUT2D eigenvalue weighted by Crippen LogP contribution is 2.16. The van der Waals surface area contributed by atoms with Crippen LogP contribution in [0.4, 0.5) is 0 Å². The number of ether oxygens (including phenoxy) is 1. The van der Waals surface area contributed by atoms with Crippen molar-refractivity contribution in [3.63, 3.8) is 0 Å². The van der Waals surface area contributed by atoms with Crippen molar-refractivity contribution in [3.05, 3.63) is 28.5 Å². The lowest BCUT2D eigenvalue weighted by atomic mass is 10.2. The summed E-state index contributed by atoms with van der Waals surface area (Å²) >= 11 is 5.78. The minimum absolute atomic E-state index is 0.267. The maximum atomic E-state index is 11.4. The van der Waals surface area contributed by atoms with Crippen LogP contribution in [0.3, 0.4) is 0 Å². The van der Waals surface area contributed by atoms with Crippen molar-refractivity contribution < 1.29 is 9.53 Å². The quantitative estimate of drug-likeness (QED) is 0.772. The first kappa shape index (κ1) is 10.9. The van der Waals surface area contributed by atoms with Crippen LogP contribution in [0.1, 0.15) is 23.0 Å². The number of nitrogens with two attached hydrogens (primary N) is 1. The minimum atomic E-state index is -0.449. The molecule has 0 fully saturated rings. The predicted octanol–water partition coefficient (Wildman–Crippen LogP) is 1.37. The topological polar surface area (TPSA) is 65.2 Å². The van der Waals surface area contributed by atoms with Crippen LogP contribution in [-0.2, 0) is 11.3 Å². The van der Waals surface area contributed by atoms with E-state index in [0.29, 0.717) is 17.9 Å². The summed E-state index contributed by atoms with van der Waals surface area (Å²) in [7, 11) is 0. The van der Waals surface area contributed by atoms with Crippen LogP contribution in [0, 0.1) is 0 Å². The molecular formula is C9H11ClN2O2. The standard InChI is InChI=1S/C9H11ClN2O2/c1-2-14-9(13)7-3-6(4-11)12-5-8(7)10/h3,5H,2,4,11H2,1H3. The zero-order valence-electron chi connectivity index (χ0n) is 7.79. The largest absolute Gasteiger partial charge is 0.462 e. The molecule has 0 amide bonds. The SMILES string of the molecule is CCOC(=O)c1cc(CN)ncc1Cl. The third kappa shape index (κ3) is 2.43. The molecule has 14 heavy (non-hydrogen) atoms. The zero-order valence-corrected chi connectivity index (χ0v) is 8.54. The lowest BCUT2D eigenvalue weighted by Gasteiger charge is -2.04. The summed E-state index contributed by atoms with van der Waals surface area (Å²) in [6.45, 7) is 2.32. The number of carbonyl (C=O) groups excluding carboxylic acids is 1. The van der Waals surface area contributed by atoms with E-state index in [-0.39, 0.29) is 11.6 Å². The number of pyridine rings is 1. The molecule has 0 saturated heterocycles. The van der Waals surface area contributed by atoms with Crippen molar-refractivity contribution in [1.29, 1.82) is 0 Å². The monoisotopic (exact) mass is 214 g/mol. The summed E-state index contributed by atoms with van der Waals surface area (Å²) in [5.41, 5.74) is 6.30. The number of hydrogen-bond acceptors (Lipinski definition) is 4. The molecule has 1 rings (SSSR count). The Bertz CT molecular complexity index is 342. The van der Waals surface area contributed by atoms with Gasteiger partial charge in [-0.25, -0.2) is 4.79 Å². The van der Waals surface area contributed by atoms with Gasteiger partial charge in [-0.15, -0.1) is 0 Å². The molecule has 0 saturated carbocycles. The van der Waals surface area contributed by atoms with E-state index in [0.717, 1.165) is 0 Å². The third-order valence-electron chi connectivity index (χ3n) is 1.62. The average molecular weight is 215 g/mol. The maximum Gasteiger partial charge on any atom is 0.339 e. The van der Waals surface area contributed by atoms with E-state index in [2.05, 4.69) is 4.98 Å². The minimum Gasteiger partial charge on any atom is -0.462 e. The fourth-order valence-corrected chi connectivity index (χ4v) is 1.14. The molecule has 0 bridgehead atoms. The van der Waals surface area contributed by atoms with E-state index in [1.54, 1.807) is 13.0 Å². The third-order valence-corrected chi connectivity index (χ3v) is 1.92. The number of carbonyl (C=O) groups is 1. The van der Waals surface area contributed by atoms with Crippen LogP contribution in [0.2, 0.25) is 5.02 Å². The molecule has 2 N–H and O–H groups in total. The van der Waals surface area contributed by atoms with Gasteiger partial charge in [-0.3, -0.25) is 4.98 Å². The lowest BCUT2D eigenvalue weighted by molar-refractivity contribution is 0.0526. The van der Waals surface area contributed by atoms with Crippen LogP contribution in [0.15, 0.2) is 12.3 Å². The first-order valence-corrected chi connectivity index (χ1v) is 4.58. The summed E-state index contributed by atoms with van der Waals surface area (Å²) in [6.07, 6.45) is 1.40. The molecule has 0 aromatic carbocycles. The summed E-state index contributed by atoms with van der Waals surface area (Å²) in [6, 6.07) is 1.54. The Hall–Kier alpha value is -1.13. The number of aromatic nitrogens is 1. The van der Waals surface area contributed by atoms with Crippen molar-refractivity contribution in [2.45, 2.75) is 13.5 Å². The molecule has 1 aromatic rings. The Labute approximate surface area is 87.0 Å². The van der Waals surface area contributed by atoms with Crippen molar-refractivity contribution in [3.8, 4) is 0 Å². The molecule has 0 aliphatic rings. The highest BCUT2D eigenvalue weighted by Gasteiger charge is 2.12. The second-order valence-corrected chi connectivity index (χ2v) is 2.99. The van der Waals surface area contributed by atoms with Crippen LogP contribution in [0.5, 0.6) is 0 Å². The molecule has 0 aliphatic carbocycles. The van der Waals surface area contributed by atoms with Gasteiger partial charge in [0.2, 0.25) is 0 Å². The number of halogens is 1. The number of rotatable bonds is 3. The number of hydrogen-bond donors (Lipinski definition) is 1. The molecule has 0 unspecified atom stereocenters. The second kappa shape index (κ2) is 4.93. The van der Waals surface area contributed by atoms with Gasteiger partial charge in [0.15, 0.2) is 0 Å². The van der Waals surface area contributed by atoms with Gasteiger partial charge in [0.05, 0.1) is 22.9 Å². The van der Waals surface area contributed by atoms with Crippen molar-refractivity contribution in [1.82, 2.24) is 4.98 Å². The lowest BCUT2D eigenvalue weighted by Crippen LogP contribution is -2.08. The van der Waals surface area contributed by atoms with Gasteiger partial charge < -0.3 is 10.5 Å². The number of nitrogens with zero attached hydrogens (tertiary/aromatic N) is 1. The van der Waals surface area contributed by atoms with Gasteiger partial charge in [0.1, 0.15) is 0 Å². The normalized spacial score (nSPS) is 9.93. The molecule has 0 atom stereocenters. The van der Waals surface area contributed by atoms with Crippen LogP contribution in [0.25, 0.3) is 0 Å². The van der Waals surface area contributed by atoms with Crippen molar-refractivity contribution in [2.75, 3.05) is 6.61 Å². The molecule has 0 spiro atoms. The molecular weight excluding hydrogens is 204 g/mol. The first-order valence-electron chi connectivity index (χ1n) is 4.20. The second-order valence-electron chi connectivity index (χ2n) is 2.58. The predicted molar refractivity (Wildman–Crippen MR) is 53.1 cm³/mol. The van der Waals surface area contributed by atoms with Crippen LogP contribution >= 0.6 is 11.6 Å². The number of esters is 1. The van der Waals surface area contributed by atoms with Crippen molar-refractivity contribution >= 4 is 17.6 Å². The van der Waals surface area contributed by atoms with Gasteiger partial charge in [-0.1, -0.05) is 11.6 Å². The van der Waals surface area contributed by atoms with E-state index in [1.807, 2.05) is 0 Å². The van der Waals surface area contributed by atoms with Gasteiger partial charge in [0, 0.05) is 12.7 Å². The Kier molecular flexibility index (Phi) is 3.85. The van der Waals surface area contributed by atoms with Gasteiger partial charge in [-0.2, -0.15) is 0 Å². The Morgan fingerprint density at radius 2 is 2.43 bits per heavy atom. The highest BCUT2D eigenvalue weighted by molar-refractivity contribution is 6.33. The Morgan fingerprint density at radius 1 is 1.71 bits per heavy atom. The van der Waals surface area contributed by atoms with Crippen LogP contribution < -0.4 is 5.73 Å². The molecule has 76 valence electrons. The smallest absolute Gasteiger partial charge is 0.339 e. The fraction of sp³-hybridized carbons (Fsp3) is 0.333. The summed E-state index contributed by atoms with van der Waals surface area (Å²) in [5, 5.41) is 0.278. The van der Waals surface area contributed by atoms with E-state index in [4.69, 9.17) is 22.1 Å². The molecule has 0 radical (unpaired) electrons. The molecule has 5 heteroatoms.